The lowest BCUT2D eigenvalue weighted by molar-refractivity contribution is 0.100. The first-order chi connectivity index (χ1) is 15.6. The molecule has 1 aliphatic rings. The van der Waals surface area contributed by atoms with Crippen LogP contribution in [0.5, 0.6) is 0 Å². The number of fused-ring (bicyclic) bond motifs is 2. The summed E-state index contributed by atoms with van der Waals surface area (Å²) in [5, 5.41) is 4.41. The van der Waals surface area contributed by atoms with Crippen LogP contribution in [0.3, 0.4) is 0 Å². The minimum atomic E-state index is -0.464. The minimum Gasteiger partial charge on any atom is -0.381 e. The molecule has 2 aromatic carbocycles. The Kier molecular flexibility index (Phi) is 5.33. The normalized spacial score (nSPS) is 13.5. The van der Waals surface area contributed by atoms with E-state index >= 15 is 0 Å². The molecule has 1 amide bonds. The summed E-state index contributed by atoms with van der Waals surface area (Å²) in [5.41, 5.74) is 11.8. The van der Waals surface area contributed by atoms with Crippen molar-refractivity contribution in [2.45, 2.75) is 26.3 Å². The van der Waals surface area contributed by atoms with E-state index in [2.05, 4.69) is 22.4 Å². The third-order valence-electron chi connectivity index (χ3n) is 5.89. The van der Waals surface area contributed by atoms with Gasteiger partial charge in [-0.15, -0.1) is 0 Å². The van der Waals surface area contributed by atoms with Gasteiger partial charge in [-0.05, 0) is 18.6 Å². The van der Waals surface area contributed by atoms with Crippen molar-refractivity contribution >= 4 is 22.6 Å². The van der Waals surface area contributed by atoms with E-state index in [0.717, 1.165) is 46.6 Å². The Labute approximate surface area is 186 Å². The van der Waals surface area contributed by atoms with E-state index in [-0.39, 0.29) is 0 Å². The number of para-hydroxylation sites is 1. The van der Waals surface area contributed by atoms with Gasteiger partial charge in [-0.2, -0.15) is 0 Å². The fourth-order valence-electron chi connectivity index (χ4n) is 4.33. The Morgan fingerprint density at radius 1 is 1.09 bits per heavy atom. The number of hydrogen-bond acceptors (Lipinski definition) is 5. The summed E-state index contributed by atoms with van der Waals surface area (Å²) in [5.74, 6) is 0.999. The van der Waals surface area contributed by atoms with E-state index in [1.54, 1.807) is 6.07 Å². The van der Waals surface area contributed by atoms with Crippen LogP contribution >= 0.6 is 0 Å². The minimum absolute atomic E-state index is 0.461. The van der Waals surface area contributed by atoms with E-state index < -0.39 is 5.91 Å². The van der Waals surface area contributed by atoms with Crippen molar-refractivity contribution in [3.05, 3.63) is 76.6 Å². The Morgan fingerprint density at radius 2 is 1.91 bits per heavy atom. The van der Waals surface area contributed by atoms with E-state index in [4.69, 9.17) is 20.4 Å². The molecule has 3 heterocycles. The molecule has 4 aromatic rings. The number of primary amides is 1. The highest BCUT2D eigenvalue weighted by Crippen LogP contribution is 2.34. The maximum Gasteiger partial charge on any atom is 0.250 e. The van der Waals surface area contributed by atoms with Crippen LogP contribution < -0.4 is 11.1 Å². The molecule has 0 spiro atoms. The molecule has 0 unspecified atom stereocenters. The lowest BCUT2D eigenvalue weighted by Gasteiger charge is -2.15. The molecule has 0 aliphatic carbocycles. The van der Waals surface area contributed by atoms with Gasteiger partial charge < -0.3 is 20.8 Å². The molecule has 0 saturated carbocycles. The second-order valence-electron chi connectivity index (χ2n) is 7.99. The topological polar surface area (TPSA) is 106 Å². The third kappa shape index (κ3) is 3.71. The van der Waals surface area contributed by atoms with Crippen LogP contribution in [-0.4, -0.2) is 34.1 Å². The van der Waals surface area contributed by atoms with Gasteiger partial charge in [0.05, 0.1) is 30.0 Å². The van der Waals surface area contributed by atoms with Gasteiger partial charge in [0.1, 0.15) is 5.82 Å². The van der Waals surface area contributed by atoms with Crippen molar-refractivity contribution in [3.63, 3.8) is 0 Å². The van der Waals surface area contributed by atoms with Gasteiger partial charge >= 0.3 is 0 Å². The van der Waals surface area contributed by atoms with Crippen molar-refractivity contribution < 1.29 is 9.53 Å². The van der Waals surface area contributed by atoms with Crippen LogP contribution in [0, 0.1) is 6.92 Å². The van der Waals surface area contributed by atoms with Gasteiger partial charge in [0.2, 0.25) is 0 Å². The van der Waals surface area contributed by atoms with Crippen LogP contribution in [0.1, 0.15) is 32.9 Å². The maximum absolute atomic E-state index is 11.9. The largest absolute Gasteiger partial charge is 0.381 e. The lowest BCUT2D eigenvalue weighted by Crippen LogP contribution is -2.11. The quantitative estimate of drug-likeness (QED) is 0.450. The van der Waals surface area contributed by atoms with Gasteiger partial charge in [-0.25, -0.2) is 9.97 Å². The number of H-pyrrole nitrogens is 1. The van der Waals surface area contributed by atoms with Crippen LogP contribution in [-0.2, 0) is 24.1 Å². The number of aromatic amines is 1. The number of ether oxygens (including phenoxy) is 1. The Balaban J connectivity index is 1.63. The van der Waals surface area contributed by atoms with Crippen LogP contribution in [0.2, 0.25) is 0 Å². The van der Waals surface area contributed by atoms with Gasteiger partial charge in [0, 0.05) is 41.6 Å². The first-order valence-electron chi connectivity index (χ1n) is 10.8. The van der Waals surface area contributed by atoms with E-state index in [1.807, 2.05) is 37.3 Å². The molecule has 0 bridgehead atoms. The molecule has 0 fully saturated rings. The molecule has 0 atom stereocenters. The summed E-state index contributed by atoms with van der Waals surface area (Å²) in [6.07, 6.45) is 1.50. The molecule has 7 nitrogen and oxygen atoms in total. The maximum atomic E-state index is 11.9. The van der Waals surface area contributed by atoms with Crippen LogP contribution in [0.4, 0.5) is 5.82 Å². The molecule has 0 radical (unpaired) electrons. The summed E-state index contributed by atoms with van der Waals surface area (Å²) in [7, 11) is 0. The van der Waals surface area contributed by atoms with Crippen LogP contribution in [0.15, 0.2) is 48.5 Å². The fourth-order valence-corrected chi connectivity index (χ4v) is 4.33. The smallest absolute Gasteiger partial charge is 0.250 e. The molecule has 32 heavy (non-hydrogen) atoms. The number of hydrogen-bond donors (Lipinski definition) is 3. The number of nitrogens with two attached hydrogens (primary N) is 1. The highest BCUT2D eigenvalue weighted by Gasteiger charge is 2.22. The van der Waals surface area contributed by atoms with E-state index in [0.29, 0.717) is 36.7 Å². The predicted octanol–water partition coefficient (Wildman–Crippen LogP) is 3.76. The molecule has 7 heteroatoms. The average molecular weight is 428 g/mol. The second kappa shape index (κ2) is 8.43. The number of carbonyl (C=O) groups excluding carboxylic acids is 1. The molecule has 4 N–H and O–H groups in total. The average Bonchev–Trinajstić information content (AvgIpc) is 2.96. The molecule has 5 rings (SSSR count). The number of rotatable bonds is 5. The Bertz CT molecular complexity index is 1300. The SMILES string of the molecule is Cc1[nH]c2c(C(N)=O)cccc2c1-c1nc2c(c(NCc3ccccc3)n1)CCOCC2. The predicted molar refractivity (Wildman–Crippen MR) is 125 cm³/mol. The van der Waals surface area contributed by atoms with Gasteiger partial charge in [0.15, 0.2) is 5.82 Å². The van der Waals surface area contributed by atoms with Crippen molar-refractivity contribution in [2.75, 3.05) is 18.5 Å². The van der Waals surface area contributed by atoms with Gasteiger partial charge in [-0.1, -0.05) is 42.5 Å². The van der Waals surface area contributed by atoms with Gasteiger partial charge in [-0.3, -0.25) is 4.79 Å². The fraction of sp³-hybridized carbons (Fsp3) is 0.240. The number of aromatic nitrogens is 3. The molecular weight excluding hydrogens is 402 g/mol. The number of aryl methyl sites for hydroxylation is 1. The summed E-state index contributed by atoms with van der Waals surface area (Å²) in [6, 6.07) is 15.8. The number of amides is 1. The summed E-state index contributed by atoms with van der Waals surface area (Å²) in [4.78, 5) is 25.1. The zero-order valence-corrected chi connectivity index (χ0v) is 17.9. The standard InChI is InChI=1S/C25H25N5O2/c1-15-21(18-8-5-9-19(23(26)31)22(18)28-15)25-29-20-11-13-32-12-10-17(20)24(30-25)27-14-16-6-3-2-4-7-16/h2-9,28H,10-14H2,1H3,(H2,26,31)(H,27,29,30). The van der Waals surface area contributed by atoms with E-state index in [9.17, 15) is 4.79 Å². The number of carbonyl (C=O) groups is 1. The van der Waals surface area contributed by atoms with Gasteiger partial charge in [0.25, 0.3) is 5.91 Å². The van der Waals surface area contributed by atoms with Crippen molar-refractivity contribution in [3.8, 4) is 11.4 Å². The Morgan fingerprint density at radius 3 is 2.72 bits per heavy atom. The molecule has 2 aromatic heterocycles. The van der Waals surface area contributed by atoms with Crippen molar-refractivity contribution in [1.82, 2.24) is 15.0 Å². The number of anilines is 1. The van der Waals surface area contributed by atoms with E-state index in [1.165, 1.54) is 5.56 Å². The molecule has 162 valence electrons. The number of nitrogens with zero attached hydrogens (tertiary/aromatic N) is 2. The molecular formula is C25H25N5O2. The lowest BCUT2D eigenvalue weighted by atomic mass is 10.0. The van der Waals surface area contributed by atoms with Crippen LogP contribution in [0.25, 0.3) is 22.3 Å². The highest BCUT2D eigenvalue weighted by atomic mass is 16.5. The zero-order valence-electron chi connectivity index (χ0n) is 17.9. The molecule has 1 aliphatic heterocycles. The number of nitrogens with one attached hydrogen (secondary N) is 2. The highest BCUT2D eigenvalue weighted by molar-refractivity contribution is 6.09. The summed E-state index contributed by atoms with van der Waals surface area (Å²) in [6.45, 7) is 3.93. The third-order valence-corrected chi connectivity index (χ3v) is 5.89. The first-order valence-corrected chi connectivity index (χ1v) is 10.8. The van der Waals surface area contributed by atoms with Crippen molar-refractivity contribution in [2.24, 2.45) is 5.73 Å². The number of benzene rings is 2. The summed E-state index contributed by atoms with van der Waals surface area (Å²) < 4.78 is 5.71. The zero-order chi connectivity index (χ0) is 22.1. The second-order valence-corrected chi connectivity index (χ2v) is 7.99. The Hall–Kier alpha value is -3.71. The first kappa shape index (κ1) is 20.2. The summed E-state index contributed by atoms with van der Waals surface area (Å²) >= 11 is 0. The molecule has 0 saturated heterocycles. The van der Waals surface area contributed by atoms with Crippen molar-refractivity contribution in [1.29, 1.82) is 0 Å². The monoisotopic (exact) mass is 427 g/mol.